The second-order valence-electron chi connectivity index (χ2n) is 10.4. The Hall–Kier alpha value is -3.99. The maximum absolute atomic E-state index is 13.2. The number of pyridine rings is 1. The molecular weight excluding hydrogens is 532 g/mol. The van der Waals surface area contributed by atoms with Gasteiger partial charge in [-0.15, -0.1) is 0 Å². The number of aromatic amines is 2. The number of aliphatic hydroxyl groups excluding tert-OH is 1. The number of likely N-dealkylation sites (tertiary alicyclic amines) is 1. The molecule has 2 aromatic heterocycles. The molecule has 2 aliphatic rings. The van der Waals surface area contributed by atoms with Gasteiger partial charge in [-0.3, -0.25) is 19.3 Å². The first-order chi connectivity index (χ1) is 19.3. The van der Waals surface area contributed by atoms with E-state index in [0.717, 1.165) is 25.8 Å². The van der Waals surface area contributed by atoms with E-state index in [1.54, 1.807) is 42.5 Å². The van der Waals surface area contributed by atoms with Gasteiger partial charge >= 0.3 is 0 Å². The summed E-state index contributed by atoms with van der Waals surface area (Å²) < 4.78 is 0. The van der Waals surface area contributed by atoms with Gasteiger partial charge in [0, 0.05) is 30.4 Å². The Morgan fingerprint density at radius 1 is 1.15 bits per heavy atom. The van der Waals surface area contributed by atoms with Gasteiger partial charge < -0.3 is 25.3 Å². The average Bonchev–Trinajstić information content (AvgIpc) is 3.61. The van der Waals surface area contributed by atoms with Crippen LogP contribution < -0.4 is 10.9 Å². The minimum Gasteiger partial charge on any atom is -0.387 e. The SMILES string of the molecule is CN1CCCC1CCN1C(=O)c2cc3nc(-c4c(NC[C@@H](O)c5cccc(Cl)c5)cc[nH]c4=O)[nH]c3cc2C1=O. The van der Waals surface area contributed by atoms with Gasteiger partial charge in [0.2, 0.25) is 0 Å². The smallest absolute Gasteiger partial charge is 0.261 e. The molecule has 40 heavy (non-hydrogen) atoms. The zero-order valence-corrected chi connectivity index (χ0v) is 22.7. The number of carbonyl (C=O) groups is 2. The lowest BCUT2D eigenvalue weighted by Gasteiger charge is -2.22. The van der Waals surface area contributed by atoms with Gasteiger partial charge in [0.05, 0.1) is 34.0 Å². The molecule has 1 unspecified atom stereocenters. The topological polar surface area (TPSA) is 134 Å². The molecule has 1 fully saturated rings. The van der Waals surface area contributed by atoms with Crippen molar-refractivity contribution in [1.82, 2.24) is 24.8 Å². The summed E-state index contributed by atoms with van der Waals surface area (Å²) in [6, 6.07) is 12.2. The number of carbonyl (C=O) groups excluding carboxylic acids is 2. The Morgan fingerprint density at radius 3 is 2.70 bits per heavy atom. The van der Waals surface area contributed by atoms with E-state index in [-0.39, 0.29) is 35.3 Å². The summed E-state index contributed by atoms with van der Waals surface area (Å²) in [5.41, 5.74) is 2.63. The van der Waals surface area contributed by atoms with Gasteiger partial charge in [-0.25, -0.2) is 4.98 Å². The molecule has 1 saturated heterocycles. The van der Waals surface area contributed by atoms with Crippen LogP contribution in [0.2, 0.25) is 5.02 Å². The highest BCUT2D eigenvalue weighted by atomic mass is 35.5. The van der Waals surface area contributed by atoms with Crippen LogP contribution in [-0.4, -0.2) is 74.4 Å². The molecule has 10 nitrogen and oxygen atoms in total. The second kappa shape index (κ2) is 10.5. The molecule has 6 rings (SSSR count). The van der Waals surface area contributed by atoms with Gasteiger partial charge in [0.1, 0.15) is 11.4 Å². The maximum Gasteiger partial charge on any atom is 0.261 e. The standard InChI is InChI=1S/C29H29ClN6O4/c1-35-10-3-6-18(35)8-11-36-28(39)19-13-22-23(14-20(19)29(36)40)34-26(33-22)25-21(7-9-31-27(25)38)32-15-24(37)16-4-2-5-17(30)12-16/h2,4-5,7,9,12-14,18,24,37H,3,6,8,10-11,15H2,1H3,(H,33,34)(H2,31,32,38)/t18?,24-/m1/s1. The number of amides is 2. The van der Waals surface area contributed by atoms with Gasteiger partial charge in [-0.2, -0.15) is 0 Å². The minimum atomic E-state index is -0.862. The Kier molecular flexibility index (Phi) is 6.91. The van der Waals surface area contributed by atoms with Crippen molar-refractivity contribution in [1.29, 1.82) is 0 Å². The lowest BCUT2D eigenvalue weighted by molar-refractivity contribution is 0.0642. The lowest BCUT2D eigenvalue weighted by Crippen LogP contribution is -2.35. The number of halogens is 1. The van der Waals surface area contributed by atoms with Crippen LogP contribution in [0.1, 0.15) is 51.6 Å². The van der Waals surface area contributed by atoms with Crippen LogP contribution in [-0.2, 0) is 0 Å². The number of H-pyrrole nitrogens is 2. The van der Waals surface area contributed by atoms with Crippen LogP contribution in [0.25, 0.3) is 22.4 Å². The molecule has 0 aliphatic carbocycles. The number of hydrogen-bond donors (Lipinski definition) is 4. The molecule has 206 valence electrons. The summed E-state index contributed by atoms with van der Waals surface area (Å²) in [6.45, 7) is 1.54. The van der Waals surface area contributed by atoms with Crippen molar-refractivity contribution in [3.05, 3.63) is 80.7 Å². The number of nitrogens with zero attached hydrogens (tertiary/aromatic N) is 3. The van der Waals surface area contributed by atoms with Crippen LogP contribution in [0.5, 0.6) is 0 Å². The number of aliphatic hydroxyl groups is 1. The highest BCUT2D eigenvalue weighted by Gasteiger charge is 2.37. The van der Waals surface area contributed by atoms with Gasteiger partial charge in [0.15, 0.2) is 0 Å². The Labute approximate surface area is 235 Å². The molecule has 11 heteroatoms. The number of anilines is 1. The number of aromatic nitrogens is 3. The van der Waals surface area contributed by atoms with E-state index in [1.165, 1.54) is 11.1 Å². The van der Waals surface area contributed by atoms with E-state index in [4.69, 9.17) is 11.6 Å². The maximum atomic E-state index is 13.2. The quantitative estimate of drug-likeness (QED) is 0.241. The van der Waals surface area contributed by atoms with Crippen molar-refractivity contribution in [2.45, 2.75) is 31.4 Å². The molecule has 4 aromatic rings. The van der Waals surface area contributed by atoms with Crippen molar-refractivity contribution in [3.8, 4) is 11.4 Å². The number of nitrogens with one attached hydrogen (secondary N) is 3. The fraction of sp³-hybridized carbons (Fsp3) is 0.310. The van der Waals surface area contributed by atoms with Crippen LogP contribution in [0.4, 0.5) is 5.69 Å². The summed E-state index contributed by atoms with van der Waals surface area (Å²) in [7, 11) is 2.08. The van der Waals surface area contributed by atoms with E-state index in [9.17, 15) is 19.5 Å². The number of imidazole rings is 1. The summed E-state index contributed by atoms with van der Waals surface area (Å²) >= 11 is 6.05. The zero-order valence-electron chi connectivity index (χ0n) is 21.9. The highest BCUT2D eigenvalue weighted by molar-refractivity contribution is 6.30. The molecule has 2 atom stereocenters. The summed E-state index contributed by atoms with van der Waals surface area (Å²) in [4.78, 5) is 53.2. The van der Waals surface area contributed by atoms with Crippen molar-refractivity contribution in [2.75, 3.05) is 32.0 Å². The Morgan fingerprint density at radius 2 is 1.95 bits per heavy atom. The van der Waals surface area contributed by atoms with Gasteiger partial charge in [-0.05, 0) is 68.8 Å². The minimum absolute atomic E-state index is 0.126. The fourth-order valence-electron chi connectivity index (χ4n) is 5.64. The van der Waals surface area contributed by atoms with Crippen molar-refractivity contribution < 1.29 is 14.7 Å². The summed E-state index contributed by atoms with van der Waals surface area (Å²) in [5.74, 6) is -0.350. The third-order valence-corrected chi connectivity index (χ3v) is 8.08. The van der Waals surface area contributed by atoms with E-state index in [0.29, 0.717) is 51.0 Å². The first kappa shape index (κ1) is 26.2. The van der Waals surface area contributed by atoms with Crippen molar-refractivity contribution in [2.24, 2.45) is 0 Å². The number of benzene rings is 2. The second-order valence-corrected chi connectivity index (χ2v) is 10.8. The molecule has 4 heterocycles. The number of rotatable bonds is 8. The van der Waals surface area contributed by atoms with E-state index in [1.807, 2.05) is 0 Å². The molecule has 0 radical (unpaired) electrons. The number of fused-ring (bicyclic) bond motifs is 2. The van der Waals surface area contributed by atoms with Gasteiger partial charge in [0.25, 0.3) is 17.4 Å². The molecule has 2 amide bonds. The number of hydrogen-bond acceptors (Lipinski definition) is 7. The van der Waals surface area contributed by atoms with Gasteiger partial charge in [-0.1, -0.05) is 23.7 Å². The van der Waals surface area contributed by atoms with Crippen LogP contribution in [0, 0.1) is 0 Å². The average molecular weight is 561 g/mol. The number of imide groups is 1. The molecule has 0 saturated carbocycles. The molecule has 2 aliphatic heterocycles. The fourth-order valence-corrected chi connectivity index (χ4v) is 5.84. The van der Waals surface area contributed by atoms with E-state index >= 15 is 0 Å². The monoisotopic (exact) mass is 560 g/mol. The van der Waals surface area contributed by atoms with Crippen molar-refractivity contribution >= 4 is 40.1 Å². The Bertz CT molecular complexity index is 1630. The molecular formula is C29H29ClN6O4. The third-order valence-electron chi connectivity index (χ3n) is 7.85. The van der Waals surface area contributed by atoms with Crippen LogP contribution in [0.3, 0.4) is 0 Å². The lowest BCUT2D eigenvalue weighted by atomic mass is 10.1. The molecule has 4 N–H and O–H groups in total. The van der Waals surface area contributed by atoms with Crippen LogP contribution in [0.15, 0.2) is 53.5 Å². The van der Waals surface area contributed by atoms with E-state index in [2.05, 4.69) is 32.2 Å². The normalized spacial score (nSPS) is 18.1. The molecule has 2 aromatic carbocycles. The van der Waals surface area contributed by atoms with Crippen molar-refractivity contribution in [3.63, 3.8) is 0 Å². The largest absolute Gasteiger partial charge is 0.387 e. The first-order valence-corrected chi connectivity index (χ1v) is 13.7. The zero-order chi connectivity index (χ0) is 28.0. The van der Waals surface area contributed by atoms with Crippen LogP contribution >= 0.6 is 11.6 Å². The highest BCUT2D eigenvalue weighted by Crippen LogP contribution is 2.31. The predicted octanol–water partition coefficient (Wildman–Crippen LogP) is 3.80. The Balaban J connectivity index is 1.25. The summed E-state index contributed by atoms with van der Waals surface area (Å²) in [6.07, 6.45) is 3.60. The molecule has 0 spiro atoms. The molecule has 0 bridgehead atoms. The predicted molar refractivity (Wildman–Crippen MR) is 153 cm³/mol. The summed E-state index contributed by atoms with van der Waals surface area (Å²) in [5, 5.41) is 14.3. The third kappa shape index (κ3) is 4.78. The first-order valence-electron chi connectivity index (χ1n) is 13.3. The van der Waals surface area contributed by atoms with E-state index < -0.39 is 6.10 Å².